The highest BCUT2D eigenvalue weighted by atomic mass is 35.5. The Balaban J connectivity index is 1.49. The quantitative estimate of drug-likeness (QED) is 0.800. The van der Waals surface area contributed by atoms with Crippen LogP contribution >= 0.6 is 23.2 Å². The summed E-state index contributed by atoms with van der Waals surface area (Å²) in [6, 6.07) is 12.3. The molecule has 1 heterocycles. The molecule has 6 heteroatoms. The van der Waals surface area contributed by atoms with Gasteiger partial charge in [-0.1, -0.05) is 47.5 Å². The van der Waals surface area contributed by atoms with E-state index in [0.29, 0.717) is 28.7 Å². The van der Waals surface area contributed by atoms with E-state index in [-0.39, 0.29) is 17.6 Å². The van der Waals surface area contributed by atoms with Gasteiger partial charge in [0.15, 0.2) is 0 Å². The summed E-state index contributed by atoms with van der Waals surface area (Å²) in [5, 5.41) is 4.11. The van der Waals surface area contributed by atoms with Gasteiger partial charge in [0.2, 0.25) is 5.91 Å². The topological polar surface area (TPSA) is 33.5 Å². The SMILES string of the molecule is O=C(NCc1ccccc1Cl)C1CC[NH+](Cc2c(F)cccc2Cl)CC1. The summed E-state index contributed by atoms with van der Waals surface area (Å²) < 4.78 is 13.9. The number of carbonyl (C=O) groups excluding carboxylic acids is 1. The van der Waals surface area contributed by atoms with E-state index in [4.69, 9.17) is 23.2 Å². The van der Waals surface area contributed by atoms with E-state index in [9.17, 15) is 9.18 Å². The third-order valence-corrected chi connectivity index (χ3v) is 5.69. The molecule has 0 bridgehead atoms. The molecule has 1 aliphatic rings. The Labute approximate surface area is 163 Å². The van der Waals surface area contributed by atoms with Crippen molar-refractivity contribution in [1.82, 2.24) is 5.32 Å². The summed E-state index contributed by atoms with van der Waals surface area (Å²) in [6.07, 6.45) is 1.57. The van der Waals surface area contributed by atoms with Gasteiger partial charge in [-0.3, -0.25) is 4.79 Å². The number of likely N-dealkylation sites (tertiary alicyclic amines) is 1. The van der Waals surface area contributed by atoms with Gasteiger partial charge in [-0.05, 0) is 23.8 Å². The molecule has 1 fully saturated rings. The van der Waals surface area contributed by atoms with Crippen molar-refractivity contribution in [3.8, 4) is 0 Å². The van der Waals surface area contributed by atoms with Gasteiger partial charge in [0.05, 0.1) is 23.7 Å². The smallest absolute Gasteiger partial charge is 0.223 e. The average molecular weight is 396 g/mol. The van der Waals surface area contributed by atoms with Crippen molar-refractivity contribution in [1.29, 1.82) is 0 Å². The molecule has 138 valence electrons. The zero-order chi connectivity index (χ0) is 18.5. The number of nitrogens with one attached hydrogen (secondary N) is 2. The number of piperidine rings is 1. The Morgan fingerprint density at radius 3 is 2.46 bits per heavy atom. The van der Waals surface area contributed by atoms with E-state index in [1.807, 2.05) is 24.3 Å². The first-order valence-corrected chi connectivity index (χ1v) is 9.57. The Morgan fingerprint density at radius 2 is 1.77 bits per heavy atom. The number of amides is 1. The van der Waals surface area contributed by atoms with Crippen LogP contribution < -0.4 is 10.2 Å². The zero-order valence-electron chi connectivity index (χ0n) is 14.4. The Bertz CT molecular complexity index is 756. The van der Waals surface area contributed by atoms with Gasteiger partial charge in [-0.2, -0.15) is 0 Å². The molecule has 0 spiro atoms. The first kappa shape index (κ1) is 19.2. The summed E-state index contributed by atoms with van der Waals surface area (Å²) >= 11 is 12.2. The van der Waals surface area contributed by atoms with Crippen LogP contribution in [0.5, 0.6) is 0 Å². The molecule has 0 aromatic heterocycles. The largest absolute Gasteiger partial charge is 0.352 e. The van der Waals surface area contributed by atoms with Gasteiger partial charge in [0, 0.05) is 30.3 Å². The lowest BCUT2D eigenvalue weighted by molar-refractivity contribution is -0.919. The van der Waals surface area contributed by atoms with Gasteiger partial charge in [-0.15, -0.1) is 0 Å². The number of carbonyl (C=O) groups is 1. The van der Waals surface area contributed by atoms with Gasteiger partial charge >= 0.3 is 0 Å². The lowest BCUT2D eigenvalue weighted by Crippen LogP contribution is -3.11. The molecule has 26 heavy (non-hydrogen) atoms. The molecular weight excluding hydrogens is 374 g/mol. The summed E-state index contributed by atoms with van der Waals surface area (Å²) in [5.41, 5.74) is 1.48. The molecule has 2 aromatic carbocycles. The fraction of sp³-hybridized carbons (Fsp3) is 0.350. The van der Waals surface area contributed by atoms with Crippen LogP contribution in [0.25, 0.3) is 0 Å². The third-order valence-electron chi connectivity index (χ3n) is 4.96. The molecule has 2 N–H and O–H groups in total. The molecule has 1 aliphatic heterocycles. The van der Waals surface area contributed by atoms with Gasteiger partial charge in [0.1, 0.15) is 12.4 Å². The normalized spacial score (nSPS) is 20.0. The maximum absolute atomic E-state index is 13.9. The van der Waals surface area contributed by atoms with E-state index in [1.54, 1.807) is 12.1 Å². The van der Waals surface area contributed by atoms with Crippen molar-refractivity contribution in [3.05, 3.63) is 69.5 Å². The van der Waals surface area contributed by atoms with Crippen LogP contribution in [-0.4, -0.2) is 19.0 Å². The van der Waals surface area contributed by atoms with Crippen LogP contribution in [0.3, 0.4) is 0 Å². The standard InChI is InChI=1S/C20H21Cl2FN2O/c21-17-5-2-1-4-15(17)12-24-20(26)14-8-10-25(11-9-14)13-16-18(22)6-3-7-19(16)23/h1-7,14H,8-13H2,(H,24,26)/p+1. The molecule has 2 aromatic rings. The predicted molar refractivity (Wildman–Crippen MR) is 102 cm³/mol. The van der Waals surface area contributed by atoms with Crippen LogP contribution in [-0.2, 0) is 17.9 Å². The molecule has 0 aliphatic carbocycles. The molecular formula is C20H22Cl2FN2O+. The number of hydrogen-bond donors (Lipinski definition) is 2. The van der Waals surface area contributed by atoms with E-state index >= 15 is 0 Å². The number of hydrogen-bond acceptors (Lipinski definition) is 1. The molecule has 1 saturated heterocycles. The number of rotatable bonds is 5. The maximum Gasteiger partial charge on any atom is 0.223 e. The molecule has 0 radical (unpaired) electrons. The minimum Gasteiger partial charge on any atom is -0.352 e. The first-order chi connectivity index (χ1) is 12.5. The molecule has 0 atom stereocenters. The van der Waals surface area contributed by atoms with Crippen LogP contribution in [0.15, 0.2) is 42.5 Å². The van der Waals surface area contributed by atoms with E-state index in [1.165, 1.54) is 11.0 Å². The fourth-order valence-corrected chi connectivity index (χ4v) is 3.82. The Morgan fingerprint density at radius 1 is 1.08 bits per heavy atom. The average Bonchev–Trinajstić information content (AvgIpc) is 2.64. The van der Waals surface area contributed by atoms with Gasteiger partial charge in [0.25, 0.3) is 0 Å². The second kappa shape index (κ2) is 8.85. The summed E-state index contributed by atoms with van der Waals surface area (Å²) in [4.78, 5) is 13.7. The summed E-state index contributed by atoms with van der Waals surface area (Å²) in [7, 11) is 0. The first-order valence-electron chi connectivity index (χ1n) is 8.82. The van der Waals surface area contributed by atoms with Crippen molar-refractivity contribution in [2.75, 3.05) is 13.1 Å². The van der Waals surface area contributed by atoms with E-state index in [2.05, 4.69) is 5.32 Å². The van der Waals surface area contributed by atoms with Gasteiger partial charge in [-0.25, -0.2) is 4.39 Å². The highest BCUT2D eigenvalue weighted by molar-refractivity contribution is 6.31. The minimum atomic E-state index is -0.260. The third kappa shape index (κ3) is 4.76. The number of quaternary nitrogens is 1. The van der Waals surface area contributed by atoms with Gasteiger partial charge < -0.3 is 10.2 Å². The number of benzene rings is 2. The van der Waals surface area contributed by atoms with Crippen LogP contribution in [0.4, 0.5) is 4.39 Å². The fourth-order valence-electron chi connectivity index (χ4n) is 3.38. The Kier molecular flexibility index (Phi) is 6.52. The van der Waals surface area contributed by atoms with Crippen molar-refractivity contribution in [2.24, 2.45) is 5.92 Å². The highest BCUT2D eigenvalue weighted by Crippen LogP contribution is 2.19. The second-order valence-corrected chi connectivity index (χ2v) is 7.52. The van der Waals surface area contributed by atoms with Crippen molar-refractivity contribution >= 4 is 29.1 Å². The monoisotopic (exact) mass is 395 g/mol. The van der Waals surface area contributed by atoms with E-state index < -0.39 is 0 Å². The summed E-state index contributed by atoms with van der Waals surface area (Å²) in [6.45, 7) is 2.65. The highest BCUT2D eigenvalue weighted by Gasteiger charge is 2.28. The molecule has 3 rings (SSSR count). The van der Waals surface area contributed by atoms with Crippen molar-refractivity contribution in [3.63, 3.8) is 0 Å². The Hall–Kier alpha value is -1.62. The molecule has 0 saturated carbocycles. The molecule has 0 unspecified atom stereocenters. The molecule has 3 nitrogen and oxygen atoms in total. The van der Waals surface area contributed by atoms with Crippen LogP contribution in [0.2, 0.25) is 10.0 Å². The zero-order valence-corrected chi connectivity index (χ0v) is 15.9. The van der Waals surface area contributed by atoms with E-state index in [0.717, 1.165) is 31.5 Å². The lowest BCUT2D eigenvalue weighted by Gasteiger charge is -2.29. The number of halogens is 3. The van der Waals surface area contributed by atoms with Crippen LogP contribution in [0, 0.1) is 11.7 Å². The lowest BCUT2D eigenvalue weighted by atomic mass is 9.95. The molecule has 1 amide bonds. The van der Waals surface area contributed by atoms with Crippen molar-refractivity contribution < 1.29 is 14.1 Å². The van der Waals surface area contributed by atoms with Crippen molar-refractivity contribution in [2.45, 2.75) is 25.9 Å². The second-order valence-electron chi connectivity index (χ2n) is 6.71. The minimum absolute atomic E-state index is 0.00247. The summed E-state index contributed by atoms with van der Waals surface area (Å²) in [5.74, 6) is -0.199. The maximum atomic E-state index is 13.9. The van der Waals surface area contributed by atoms with Crippen LogP contribution in [0.1, 0.15) is 24.0 Å². The predicted octanol–water partition coefficient (Wildman–Crippen LogP) is 3.24.